The number of amides is 1. The highest BCUT2D eigenvalue weighted by atomic mass is 19.1. The van der Waals surface area contributed by atoms with Crippen LogP contribution in [0.1, 0.15) is 28.8 Å². The number of piperazine rings is 1. The van der Waals surface area contributed by atoms with E-state index in [9.17, 15) is 9.18 Å². The van der Waals surface area contributed by atoms with Gasteiger partial charge in [-0.25, -0.2) is 14.4 Å². The zero-order chi connectivity index (χ0) is 27.7. The highest BCUT2D eigenvalue weighted by Crippen LogP contribution is 2.35. The number of nitrogens with one attached hydrogen (secondary N) is 2. The zero-order valence-corrected chi connectivity index (χ0v) is 22.7. The Balaban J connectivity index is 1.51. The number of aryl methyl sites for hydroxylation is 2. The molecule has 2 aromatic carbocycles. The van der Waals surface area contributed by atoms with Gasteiger partial charge in [-0.05, 0) is 56.7 Å². The summed E-state index contributed by atoms with van der Waals surface area (Å²) in [6, 6.07) is 12.3. The zero-order valence-electron chi connectivity index (χ0n) is 22.7. The third-order valence-corrected chi connectivity index (χ3v) is 7.06. The minimum atomic E-state index is -0.529. The van der Waals surface area contributed by atoms with Crippen LogP contribution in [0.5, 0.6) is 5.75 Å². The first-order valence-electron chi connectivity index (χ1n) is 12.9. The van der Waals surface area contributed by atoms with Crippen molar-refractivity contribution in [2.75, 3.05) is 37.0 Å². The van der Waals surface area contributed by atoms with Gasteiger partial charge in [-0.15, -0.1) is 0 Å². The van der Waals surface area contributed by atoms with Gasteiger partial charge < -0.3 is 20.3 Å². The average Bonchev–Trinajstić information content (AvgIpc) is 3.19. The quantitative estimate of drug-likeness (QED) is 0.383. The summed E-state index contributed by atoms with van der Waals surface area (Å²) in [7, 11) is 3.39. The lowest BCUT2D eigenvalue weighted by atomic mass is 10.0. The number of hydrogen-bond acceptors (Lipinski definition) is 7. The molecule has 1 saturated heterocycles. The van der Waals surface area contributed by atoms with E-state index in [4.69, 9.17) is 4.74 Å². The third-order valence-electron chi connectivity index (χ3n) is 7.06. The summed E-state index contributed by atoms with van der Waals surface area (Å²) in [5, 5.41) is 11.1. The Bertz CT molecular complexity index is 1530. The van der Waals surface area contributed by atoms with E-state index in [1.165, 1.54) is 25.4 Å². The molecule has 0 bridgehead atoms. The Labute approximate surface area is 227 Å². The number of carbonyl (C=O) groups excluding carboxylic acids is 1. The molecule has 5 rings (SSSR count). The van der Waals surface area contributed by atoms with Crippen molar-refractivity contribution in [2.24, 2.45) is 7.05 Å². The highest BCUT2D eigenvalue weighted by Gasteiger charge is 2.23. The molecule has 9 nitrogen and oxygen atoms in total. The molecule has 0 saturated carbocycles. The molecule has 2 aromatic heterocycles. The van der Waals surface area contributed by atoms with Gasteiger partial charge in [-0.3, -0.25) is 9.48 Å². The van der Waals surface area contributed by atoms with Crippen molar-refractivity contribution in [2.45, 2.75) is 26.8 Å². The molecule has 39 heavy (non-hydrogen) atoms. The van der Waals surface area contributed by atoms with E-state index in [2.05, 4.69) is 50.5 Å². The minimum Gasteiger partial charge on any atom is -0.496 e. The lowest BCUT2D eigenvalue weighted by molar-refractivity contribution is 0.102. The maximum absolute atomic E-state index is 14.7. The molecule has 1 atom stereocenters. The van der Waals surface area contributed by atoms with Crippen molar-refractivity contribution < 1.29 is 13.9 Å². The molecular weight excluding hydrogens is 497 g/mol. The maximum atomic E-state index is 14.7. The number of rotatable bonds is 6. The first kappa shape index (κ1) is 26.3. The summed E-state index contributed by atoms with van der Waals surface area (Å²) < 4.78 is 21.8. The standard InChI is InChI=1S/C29H32FN7O2/c1-17-16-37(14-13-31-17)24-15-20(26-18(2)35-36(4)19(26)3)9-10-22(24)34-29(38)23-11-12-32-28(33-23)27-21(30)7-6-8-25(27)39-5/h6-12,15,17,31H,13-14,16H2,1-5H3,(H,34,38)/t17-/m0/s1. The normalized spacial score (nSPS) is 15.3. The number of nitrogens with zero attached hydrogens (tertiary/aromatic N) is 5. The molecule has 3 heterocycles. The predicted octanol–water partition coefficient (Wildman–Crippen LogP) is 4.36. The molecule has 0 radical (unpaired) electrons. The SMILES string of the molecule is COc1cccc(F)c1-c1nccc(C(=O)Nc2ccc(-c3c(C)nn(C)c3C)cc2N2CCN[C@@H](C)C2)n1. The van der Waals surface area contributed by atoms with Crippen LogP contribution in [0.4, 0.5) is 15.8 Å². The van der Waals surface area contributed by atoms with Crippen LogP contribution in [0.2, 0.25) is 0 Å². The van der Waals surface area contributed by atoms with Crippen molar-refractivity contribution in [3.05, 3.63) is 71.6 Å². The minimum absolute atomic E-state index is 0.0756. The van der Waals surface area contributed by atoms with Gasteiger partial charge in [0.1, 0.15) is 17.3 Å². The Hall–Kier alpha value is -4.31. The molecule has 202 valence electrons. The summed E-state index contributed by atoms with van der Waals surface area (Å²) in [5.41, 5.74) is 5.95. The number of halogens is 1. The topological polar surface area (TPSA) is 97.2 Å². The van der Waals surface area contributed by atoms with Gasteiger partial charge in [0.05, 0.1) is 29.7 Å². The Kier molecular flexibility index (Phi) is 7.30. The second-order valence-electron chi connectivity index (χ2n) is 9.74. The van der Waals surface area contributed by atoms with Gasteiger partial charge in [0.15, 0.2) is 5.82 Å². The fourth-order valence-electron chi connectivity index (χ4n) is 5.08. The van der Waals surface area contributed by atoms with Gasteiger partial charge >= 0.3 is 0 Å². The molecule has 0 spiro atoms. The number of anilines is 2. The van der Waals surface area contributed by atoms with Crippen LogP contribution in [0.3, 0.4) is 0 Å². The van der Waals surface area contributed by atoms with Crippen molar-refractivity contribution in [1.82, 2.24) is 25.1 Å². The molecule has 0 aliphatic carbocycles. The van der Waals surface area contributed by atoms with Crippen LogP contribution in [0, 0.1) is 19.7 Å². The second-order valence-corrected chi connectivity index (χ2v) is 9.74. The van der Waals surface area contributed by atoms with Gasteiger partial charge in [-0.2, -0.15) is 5.10 Å². The maximum Gasteiger partial charge on any atom is 0.274 e. The van der Waals surface area contributed by atoms with E-state index in [0.29, 0.717) is 17.5 Å². The van der Waals surface area contributed by atoms with Gasteiger partial charge in [0.2, 0.25) is 0 Å². The van der Waals surface area contributed by atoms with Crippen LogP contribution in [0.25, 0.3) is 22.5 Å². The molecular formula is C29H32FN7O2. The van der Waals surface area contributed by atoms with E-state index in [-0.39, 0.29) is 17.1 Å². The van der Waals surface area contributed by atoms with E-state index >= 15 is 0 Å². The smallest absolute Gasteiger partial charge is 0.274 e. The summed E-state index contributed by atoms with van der Waals surface area (Å²) in [6.07, 6.45) is 1.44. The van der Waals surface area contributed by atoms with Crippen LogP contribution in [-0.2, 0) is 7.05 Å². The van der Waals surface area contributed by atoms with Gasteiger partial charge in [0.25, 0.3) is 5.91 Å². The van der Waals surface area contributed by atoms with E-state index in [1.807, 2.05) is 30.8 Å². The number of methoxy groups -OCH3 is 1. The number of benzene rings is 2. The van der Waals surface area contributed by atoms with E-state index in [1.54, 1.807) is 12.1 Å². The van der Waals surface area contributed by atoms with Crippen molar-refractivity contribution >= 4 is 17.3 Å². The molecule has 1 amide bonds. The largest absolute Gasteiger partial charge is 0.496 e. The second kappa shape index (κ2) is 10.8. The van der Waals surface area contributed by atoms with Crippen LogP contribution in [0.15, 0.2) is 48.7 Å². The third kappa shape index (κ3) is 5.20. The van der Waals surface area contributed by atoms with Gasteiger partial charge in [-0.1, -0.05) is 12.1 Å². The molecule has 1 fully saturated rings. The fraction of sp³-hybridized carbons (Fsp3) is 0.310. The van der Waals surface area contributed by atoms with Crippen LogP contribution >= 0.6 is 0 Å². The van der Waals surface area contributed by atoms with Crippen LogP contribution in [-0.4, -0.2) is 58.4 Å². The van der Waals surface area contributed by atoms with E-state index in [0.717, 1.165) is 47.8 Å². The van der Waals surface area contributed by atoms with E-state index < -0.39 is 11.7 Å². The first-order chi connectivity index (χ1) is 18.8. The summed E-state index contributed by atoms with van der Waals surface area (Å²) in [5.74, 6) is -0.579. The number of hydrogen-bond donors (Lipinski definition) is 2. The highest BCUT2D eigenvalue weighted by molar-refractivity contribution is 6.05. The molecule has 10 heteroatoms. The number of carbonyl (C=O) groups is 1. The van der Waals surface area contributed by atoms with Crippen LogP contribution < -0.4 is 20.3 Å². The average molecular weight is 530 g/mol. The van der Waals surface area contributed by atoms with Crippen molar-refractivity contribution in [1.29, 1.82) is 0 Å². The lowest BCUT2D eigenvalue weighted by Crippen LogP contribution is -2.49. The summed E-state index contributed by atoms with van der Waals surface area (Å²) in [4.78, 5) is 24.3. The Morgan fingerprint density at radius 3 is 2.72 bits per heavy atom. The molecule has 0 unspecified atom stereocenters. The first-order valence-corrected chi connectivity index (χ1v) is 12.9. The number of aromatic nitrogens is 4. The monoisotopic (exact) mass is 529 g/mol. The molecule has 4 aromatic rings. The van der Waals surface area contributed by atoms with Crippen molar-refractivity contribution in [3.8, 4) is 28.3 Å². The Morgan fingerprint density at radius 1 is 1.18 bits per heavy atom. The van der Waals surface area contributed by atoms with Gasteiger partial charge in [0, 0.05) is 50.2 Å². The lowest BCUT2D eigenvalue weighted by Gasteiger charge is -2.35. The predicted molar refractivity (Wildman–Crippen MR) is 150 cm³/mol. The van der Waals surface area contributed by atoms with Crippen molar-refractivity contribution in [3.63, 3.8) is 0 Å². The number of ether oxygens (including phenoxy) is 1. The molecule has 2 N–H and O–H groups in total. The molecule has 1 aliphatic rings. The summed E-state index contributed by atoms with van der Waals surface area (Å²) >= 11 is 0. The Morgan fingerprint density at radius 2 is 2.00 bits per heavy atom. The fourth-order valence-corrected chi connectivity index (χ4v) is 5.08. The molecule has 1 aliphatic heterocycles. The summed E-state index contributed by atoms with van der Waals surface area (Å²) in [6.45, 7) is 8.62.